The molecule has 2 heterocycles. The molecule has 0 radical (unpaired) electrons. The second kappa shape index (κ2) is 7.37. The van der Waals surface area contributed by atoms with Gasteiger partial charge in [-0.15, -0.1) is 8.78 Å². The number of amides is 1. The molecule has 1 fully saturated rings. The number of nitrogens with zero attached hydrogens (tertiary/aromatic N) is 1. The number of aromatic nitrogens is 1. The number of carbonyl (C=O) groups is 2. The molecule has 33 heavy (non-hydrogen) atoms. The van der Waals surface area contributed by atoms with Crippen molar-refractivity contribution >= 4 is 17.5 Å². The van der Waals surface area contributed by atoms with Crippen LogP contribution < -0.4 is 14.8 Å². The molecule has 1 N–H and O–H groups in total. The number of hydrogen-bond acceptors (Lipinski definition) is 5. The lowest BCUT2D eigenvalue weighted by atomic mass is 9.94. The fraction of sp³-hybridized carbons (Fsp3) is 0.240. The van der Waals surface area contributed by atoms with Gasteiger partial charge in [-0.25, -0.2) is 4.98 Å². The number of Topliss-reactive ketones (excluding diaryl/α,β-unsaturated/α-hetero) is 1. The van der Waals surface area contributed by atoms with E-state index in [4.69, 9.17) is 0 Å². The molecule has 1 amide bonds. The lowest BCUT2D eigenvalue weighted by Crippen LogP contribution is -2.28. The van der Waals surface area contributed by atoms with Crippen LogP contribution in [0.2, 0.25) is 0 Å². The van der Waals surface area contributed by atoms with Gasteiger partial charge in [-0.3, -0.25) is 9.59 Å². The fourth-order valence-electron chi connectivity index (χ4n) is 4.03. The van der Waals surface area contributed by atoms with Gasteiger partial charge in [0.25, 0.3) is 0 Å². The lowest BCUT2D eigenvalue weighted by molar-refractivity contribution is -0.286. The number of alkyl halides is 2. The molecule has 0 unspecified atom stereocenters. The van der Waals surface area contributed by atoms with Crippen LogP contribution in [0, 0.1) is 6.92 Å². The van der Waals surface area contributed by atoms with E-state index >= 15 is 0 Å². The minimum atomic E-state index is -3.71. The highest BCUT2D eigenvalue weighted by atomic mass is 19.3. The largest absolute Gasteiger partial charge is 0.586 e. The lowest BCUT2D eigenvalue weighted by Gasteiger charge is -2.17. The third-order valence-corrected chi connectivity index (χ3v) is 6.02. The predicted octanol–water partition coefficient (Wildman–Crippen LogP) is 5.25. The van der Waals surface area contributed by atoms with E-state index in [0.717, 1.165) is 11.1 Å². The number of benzene rings is 2. The highest BCUT2D eigenvalue weighted by Gasteiger charge is 2.53. The maximum atomic E-state index is 13.4. The molecule has 6 nitrogen and oxygen atoms in total. The van der Waals surface area contributed by atoms with E-state index in [1.54, 1.807) is 30.3 Å². The summed E-state index contributed by atoms with van der Waals surface area (Å²) in [6.07, 6.45) is -2.55. The topological polar surface area (TPSA) is 77.5 Å². The normalized spacial score (nSPS) is 16.8. The van der Waals surface area contributed by atoms with Crippen LogP contribution in [0.5, 0.6) is 11.5 Å². The third-order valence-electron chi connectivity index (χ3n) is 6.02. The molecule has 5 rings (SSSR count). The Kier molecular flexibility index (Phi) is 4.70. The van der Waals surface area contributed by atoms with E-state index in [0.29, 0.717) is 35.5 Å². The van der Waals surface area contributed by atoms with Gasteiger partial charge < -0.3 is 14.8 Å². The van der Waals surface area contributed by atoms with Gasteiger partial charge >= 0.3 is 6.29 Å². The van der Waals surface area contributed by atoms with E-state index < -0.39 is 11.7 Å². The number of pyridine rings is 1. The van der Waals surface area contributed by atoms with Gasteiger partial charge in [-0.05, 0) is 62.1 Å². The van der Waals surface area contributed by atoms with E-state index in [2.05, 4.69) is 19.8 Å². The highest BCUT2D eigenvalue weighted by molar-refractivity contribution is 6.01. The molecule has 2 aliphatic rings. The van der Waals surface area contributed by atoms with Crippen molar-refractivity contribution in [2.75, 3.05) is 5.32 Å². The number of aryl methyl sites for hydroxylation is 1. The molecule has 168 valence electrons. The zero-order valence-corrected chi connectivity index (χ0v) is 17.9. The van der Waals surface area contributed by atoms with Crippen LogP contribution >= 0.6 is 0 Å². The number of rotatable bonds is 5. The Labute approximate surface area is 188 Å². The van der Waals surface area contributed by atoms with Crippen molar-refractivity contribution in [2.45, 2.75) is 38.4 Å². The molecule has 1 aliphatic heterocycles. The number of anilines is 1. The summed E-state index contributed by atoms with van der Waals surface area (Å²) in [7, 11) is 0. The van der Waals surface area contributed by atoms with Crippen molar-refractivity contribution in [3.05, 3.63) is 71.3 Å². The first-order valence-corrected chi connectivity index (χ1v) is 10.5. The summed E-state index contributed by atoms with van der Waals surface area (Å²) in [5, 5.41) is 2.86. The first kappa shape index (κ1) is 21.1. The molecule has 2 aromatic carbocycles. The Morgan fingerprint density at radius 3 is 2.48 bits per heavy atom. The molecule has 1 aromatic heterocycles. The summed E-state index contributed by atoms with van der Waals surface area (Å²) in [6, 6.07) is 15.2. The van der Waals surface area contributed by atoms with Gasteiger partial charge in [0.15, 0.2) is 17.3 Å². The highest BCUT2D eigenvalue weighted by Crippen LogP contribution is 2.52. The van der Waals surface area contributed by atoms with Crippen LogP contribution in [-0.4, -0.2) is 23.0 Å². The Hall–Kier alpha value is -3.81. The fourth-order valence-corrected chi connectivity index (χ4v) is 4.03. The minimum absolute atomic E-state index is 0.0453. The number of halogens is 2. The zero-order chi connectivity index (χ0) is 23.4. The van der Waals surface area contributed by atoms with Crippen molar-refractivity contribution in [3.63, 3.8) is 0 Å². The average molecular weight is 450 g/mol. The molecular weight excluding hydrogens is 430 g/mol. The van der Waals surface area contributed by atoms with Gasteiger partial charge in [0.2, 0.25) is 5.91 Å². The Morgan fingerprint density at radius 1 is 1.00 bits per heavy atom. The number of ketones is 1. The summed E-state index contributed by atoms with van der Waals surface area (Å²) >= 11 is 0. The summed E-state index contributed by atoms with van der Waals surface area (Å²) in [5.41, 5.74) is 2.65. The molecule has 0 spiro atoms. The summed E-state index contributed by atoms with van der Waals surface area (Å²) in [5.74, 6) is -0.0910. The molecule has 3 aromatic rings. The van der Waals surface area contributed by atoms with Crippen LogP contribution in [-0.2, 0) is 10.2 Å². The monoisotopic (exact) mass is 450 g/mol. The maximum absolute atomic E-state index is 13.4. The Bertz CT molecular complexity index is 1300. The Balaban J connectivity index is 1.40. The predicted molar refractivity (Wildman–Crippen MR) is 117 cm³/mol. The molecule has 0 bridgehead atoms. The molecule has 8 heteroatoms. The average Bonchev–Trinajstić information content (AvgIpc) is 3.52. The summed E-state index contributed by atoms with van der Waals surface area (Å²) < 4.78 is 35.7. The van der Waals surface area contributed by atoms with Gasteiger partial charge in [0, 0.05) is 11.1 Å². The smallest absolute Gasteiger partial charge is 0.395 e. The van der Waals surface area contributed by atoms with Crippen LogP contribution in [0.15, 0.2) is 54.6 Å². The molecule has 0 atom stereocenters. The van der Waals surface area contributed by atoms with Crippen LogP contribution in [0.3, 0.4) is 0 Å². The first-order valence-electron chi connectivity index (χ1n) is 10.5. The van der Waals surface area contributed by atoms with Gasteiger partial charge in [-0.2, -0.15) is 0 Å². The van der Waals surface area contributed by atoms with Gasteiger partial charge in [0.05, 0.1) is 11.1 Å². The minimum Gasteiger partial charge on any atom is -0.395 e. The quantitative estimate of drug-likeness (QED) is 0.537. The number of hydrogen-bond donors (Lipinski definition) is 1. The molecular formula is C25H20F2N2O4. The third kappa shape index (κ3) is 3.82. The summed E-state index contributed by atoms with van der Waals surface area (Å²) in [6.45, 7) is 3.40. The van der Waals surface area contributed by atoms with Crippen LogP contribution in [0.4, 0.5) is 14.6 Å². The van der Waals surface area contributed by atoms with Gasteiger partial charge in [0.1, 0.15) is 5.82 Å². The number of carbonyl (C=O) groups excluding carboxylic acids is 2. The summed E-state index contributed by atoms with van der Waals surface area (Å²) in [4.78, 5) is 29.5. The van der Waals surface area contributed by atoms with E-state index in [-0.39, 0.29) is 23.2 Å². The van der Waals surface area contributed by atoms with Crippen molar-refractivity contribution < 1.29 is 27.8 Å². The second-order valence-electron chi connectivity index (χ2n) is 8.36. The number of fused-ring (bicyclic) bond motifs is 1. The van der Waals surface area contributed by atoms with E-state index in [9.17, 15) is 18.4 Å². The SMILES string of the molecule is CC(=O)c1cccc(-c2nc(NC(=O)C3(c4ccc5c(c4)OC(F)(F)O5)CC3)ccc2C)c1. The Morgan fingerprint density at radius 2 is 1.76 bits per heavy atom. The molecule has 1 saturated carbocycles. The van der Waals surface area contributed by atoms with E-state index in [1.165, 1.54) is 19.1 Å². The van der Waals surface area contributed by atoms with Crippen LogP contribution in [0.1, 0.15) is 41.3 Å². The number of ether oxygens (including phenoxy) is 2. The van der Waals surface area contributed by atoms with Crippen molar-refractivity contribution in [1.82, 2.24) is 4.98 Å². The van der Waals surface area contributed by atoms with Crippen molar-refractivity contribution in [2.24, 2.45) is 0 Å². The molecule has 0 saturated heterocycles. The maximum Gasteiger partial charge on any atom is 0.586 e. The molecule has 1 aliphatic carbocycles. The zero-order valence-electron chi connectivity index (χ0n) is 17.9. The van der Waals surface area contributed by atoms with Gasteiger partial charge in [-0.1, -0.05) is 30.3 Å². The van der Waals surface area contributed by atoms with Crippen molar-refractivity contribution in [1.29, 1.82) is 0 Å². The standard InChI is InChI=1S/C25H20F2N2O4/c1-14-6-9-21(28-22(14)17-5-3-4-16(12-17)15(2)30)29-23(31)24(10-11-24)18-7-8-19-20(13-18)33-25(26,27)32-19/h3-9,12-13H,10-11H2,1-2H3,(H,28,29,31). The number of nitrogens with one attached hydrogen (secondary N) is 1. The van der Waals surface area contributed by atoms with E-state index in [1.807, 2.05) is 19.1 Å². The van der Waals surface area contributed by atoms with Crippen molar-refractivity contribution in [3.8, 4) is 22.8 Å². The first-order chi connectivity index (χ1) is 15.7. The second-order valence-corrected chi connectivity index (χ2v) is 8.36. The van der Waals surface area contributed by atoms with Crippen LogP contribution in [0.25, 0.3) is 11.3 Å².